The molecule has 0 saturated carbocycles. The predicted octanol–water partition coefficient (Wildman–Crippen LogP) is 1.58. The van der Waals surface area contributed by atoms with Crippen LogP contribution in [0.5, 0.6) is 0 Å². The smallest absolute Gasteiger partial charge is 0.338 e. The number of anilines is 1. The van der Waals surface area contributed by atoms with Crippen molar-refractivity contribution < 1.29 is 9.53 Å². The molecule has 0 spiro atoms. The molecule has 0 aliphatic carbocycles. The normalized spacial score (nSPS) is 16.9. The van der Waals surface area contributed by atoms with Crippen LogP contribution in [0.1, 0.15) is 29.8 Å². The van der Waals surface area contributed by atoms with Gasteiger partial charge in [0.25, 0.3) is 0 Å². The monoisotopic (exact) mass is 291 g/mol. The van der Waals surface area contributed by atoms with Gasteiger partial charge >= 0.3 is 5.97 Å². The van der Waals surface area contributed by atoms with Crippen LogP contribution in [0.2, 0.25) is 0 Å². The van der Waals surface area contributed by atoms with Gasteiger partial charge in [-0.05, 0) is 31.2 Å². The molecule has 5 nitrogen and oxygen atoms in total. The molecule has 21 heavy (non-hydrogen) atoms. The van der Waals surface area contributed by atoms with E-state index in [-0.39, 0.29) is 5.97 Å². The van der Waals surface area contributed by atoms with Gasteiger partial charge in [-0.25, -0.2) is 4.79 Å². The zero-order chi connectivity index (χ0) is 15.2. The molecular weight excluding hydrogens is 266 g/mol. The predicted molar refractivity (Wildman–Crippen MR) is 84.2 cm³/mol. The summed E-state index contributed by atoms with van der Waals surface area (Å²) in [6, 6.07) is 5.45. The molecule has 1 aliphatic heterocycles. The van der Waals surface area contributed by atoms with Crippen molar-refractivity contribution in [1.29, 1.82) is 0 Å². The largest absolute Gasteiger partial charge is 0.462 e. The van der Waals surface area contributed by atoms with Gasteiger partial charge in [-0.2, -0.15) is 0 Å². The molecule has 1 aromatic rings. The first-order valence-corrected chi connectivity index (χ1v) is 7.64. The summed E-state index contributed by atoms with van der Waals surface area (Å²) in [5.41, 5.74) is 8.35. The number of hydrogen-bond acceptors (Lipinski definition) is 5. The molecule has 1 saturated heterocycles. The molecule has 0 amide bonds. The molecule has 0 bridgehead atoms. The lowest BCUT2D eigenvalue weighted by atomic mass is 10.1. The number of ether oxygens (including phenoxy) is 1. The lowest BCUT2D eigenvalue weighted by molar-refractivity contribution is 0.0526. The van der Waals surface area contributed by atoms with E-state index >= 15 is 0 Å². The fraction of sp³-hybridized carbons (Fsp3) is 0.562. The molecule has 0 atom stereocenters. The van der Waals surface area contributed by atoms with E-state index in [0.29, 0.717) is 17.9 Å². The molecule has 0 radical (unpaired) electrons. The maximum Gasteiger partial charge on any atom is 0.338 e. The Bertz CT molecular complexity index is 482. The number of likely N-dealkylation sites (N-methyl/N-ethyl adjacent to an activating group) is 1. The maximum atomic E-state index is 11.7. The summed E-state index contributed by atoms with van der Waals surface area (Å²) in [6.07, 6.45) is 0. The van der Waals surface area contributed by atoms with Crippen LogP contribution < -0.4 is 5.73 Å². The third kappa shape index (κ3) is 4.19. The SMILES string of the molecule is CCOC(=O)c1ccc(CN2CCN(CC)CC2)c(N)c1. The number of carbonyl (C=O) groups excluding carboxylic acids is 1. The Morgan fingerprint density at radius 3 is 2.43 bits per heavy atom. The second-order valence-corrected chi connectivity index (χ2v) is 5.34. The maximum absolute atomic E-state index is 11.7. The molecule has 0 aromatic heterocycles. The van der Waals surface area contributed by atoms with Crippen LogP contribution in [0.25, 0.3) is 0 Å². The molecule has 1 fully saturated rings. The van der Waals surface area contributed by atoms with Crippen molar-refractivity contribution >= 4 is 11.7 Å². The van der Waals surface area contributed by atoms with Crippen LogP contribution in [-0.2, 0) is 11.3 Å². The van der Waals surface area contributed by atoms with Gasteiger partial charge in [0.2, 0.25) is 0 Å². The molecule has 1 aliphatic rings. The molecule has 2 rings (SSSR count). The molecule has 5 heteroatoms. The van der Waals surface area contributed by atoms with Crippen molar-refractivity contribution in [1.82, 2.24) is 9.80 Å². The van der Waals surface area contributed by atoms with E-state index in [9.17, 15) is 4.79 Å². The van der Waals surface area contributed by atoms with Gasteiger partial charge < -0.3 is 15.4 Å². The Labute approximate surface area is 126 Å². The molecule has 2 N–H and O–H groups in total. The van der Waals surface area contributed by atoms with Gasteiger partial charge in [0.15, 0.2) is 0 Å². The third-order valence-electron chi connectivity index (χ3n) is 3.96. The van der Waals surface area contributed by atoms with E-state index in [4.69, 9.17) is 10.5 Å². The minimum absolute atomic E-state index is 0.313. The van der Waals surface area contributed by atoms with Gasteiger partial charge in [0, 0.05) is 38.4 Å². The summed E-state index contributed by atoms with van der Waals surface area (Å²) in [5, 5.41) is 0. The Morgan fingerprint density at radius 2 is 1.86 bits per heavy atom. The molecule has 1 heterocycles. The Balaban J connectivity index is 1.97. The van der Waals surface area contributed by atoms with Gasteiger partial charge in [-0.15, -0.1) is 0 Å². The van der Waals surface area contributed by atoms with E-state index in [0.717, 1.165) is 44.8 Å². The van der Waals surface area contributed by atoms with E-state index in [1.807, 2.05) is 6.07 Å². The van der Waals surface area contributed by atoms with Gasteiger partial charge in [0.1, 0.15) is 0 Å². The zero-order valence-electron chi connectivity index (χ0n) is 13.0. The fourth-order valence-electron chi connectivity index (χ4n) is 2.58. The fourth-order valence-corrected chi connectivity index (χ4v) is 2.58. The number of nitrogens with zero attached hydrogens (tertiary/aromatic N) is 2. The first-order valence-electron chi connectivity index (χ1n) is 7.64. The number of esters is 1. The highest BCUT2D eigenvalue weighted by atomic mass is 16.5. The summed E-state index contributed by atoms with van der Waals surface area (Å²) in [6.45, 7) is 10.7. The number of nitrogens with two attached hydrogens (primary N) is 1. The van der Waals surface area contributed by atoms with Crippen molar-refractivity contribution in [3.8, 4) is 0 Å². The van der Waals surface area contributed by atoms with Crippen LogP contribution in [0.4, 0.5) is 5.69 Å². The number of benzene rings is 1. The Morgan fingerprint density at radius 1 is 1.19 bits per heavy atom. The minimum atomic E-state index is -0.313. The first kappa shape index (κ1) is 15.8. The van der Waals surface area contributed by atoms with Crippen LogP contribution in [0.3, 0.4) is 0 Å². The summed E-state index contributed by atoms with van der Waals surface area (Å²) in [5.74, 6) is -0.313. The average Bonchev–Trinajstić information content (AvgIpc) is 2.50. The second-order valence-electron chi connectivity index (χ2n) is 5.34. The van der Waals surface area contributed by atoms with Crippen molar-refractivity contribution in [2.24, 2.45) is 0 Å². The lowest BCUT2D eigenvalue weighted by Gasteiger charge is -2.34. The van der Waals surface area contributed by atoms with E-state index in [2.05, 4.69) is 16.7 Å². The topological polar surface area (TPSA) is 58.8 Å². The quantitative estimate of drug-likeness (QED) is 0.659. The molecular formula is C16H25N3O2. The number of rotatable bonds is 5. The van der Waals surface area contributed by atoms with Crippen LogP contribution in [0.15, 0.2) is 18.2 Å². The van der Waals surface area contributed by atoms with Crippen molar-refractivity contribution in [3.63, 3.8) is 0 Å². The van der Waals surface area contributed by atoms with E-state index in [1.54, 1.807) is 19.1 Å². The van der Waals surface area contributed by atoms with Crippen LogP contribution in [0, 0.1) is 0 Å². The highest BCUT2D eigenvalue weighted by Crippen LogP contribution is 2.18. The number of nitrogen functional groups attached to an aromatic ring is 1. The number of piperazine rings is 1. The first-order chi connectivity index (χ1) is 10.1. The van der Waals surface area contributed by atoms with Crippen molar-refractivity contribution in [2.75, 3.05) is 45.1 Å². The Kier molecular flexibility index (Phi) is 5.59. The summed E-state index contributed by atoms with van der Waals surface area (Å²) < 4.78 is 4.99. The summed E-state index contributed by atoms with van der Waals surface area (Å²) in [7, 11) is 0. The standard InChI is InChI=1S/C16H25N3O2/c1-3-18-7-9-19(10-8-18)12-14-6-5-13(11-15(14)17)16(20)21-4-2/h5-6,11H,3-4,7-10,12,17H2,1-2H3. The number of carbonyl (C=O) groups is 1. The van der Waals surface area contributed by atoms with E-state index < -0.39 is 0 Å². The minimum Gasteiger partial charge on any atom is -0.462 e. The highest BCUT2D eigenvalue weighted by molar-refractivity contribution is 5.90. The summed E-state index contributed by atoms with van der Waals surface area (Å²) in [4.78, 5) is 16.5. The van der Waals surface area contributed by atoms with Gasteiger partial charge in [-0.3, -0.25) is 4.90 Å². The lowest BCUT2D eigenvalue weighted by Crippen LogP contribution is -2.45. The average molecular weight is 291 g/mol. The van der Waals surface area contributed by atoms with Crippen molar-refractivity contribution in [2.45, 2.75) is 20.4 Å². The molecule has 0 unspecified atom stereocenters. The van der Waals surface area contributed by atoms with E-state index in [1.165, 1.54) is 0 Å². The molecule has 1 aromatic carbocycles. The third-order valence-corrected chi connectivity index (χ3v) is 3.96. The van der Waals surface area contributed by atoms with Crippen molar-refractivity contribution in [3.05, 3.63) is 29.3 Å². The molecule has 116 valence electrons. The van der Waals surface area contributed by atoms with Crippen LogP contribution >= 0.6 is 0 Å². The Hall–Kier alpha value is -1.59. The highest BCUT2D eigenvalue weighted by Gasteiger charge is 2.17. The van der Waals surface area contributed by atoms with Gasteiger partial charge in [-0.1, -0.05) is 13.0 Å². The number of hydrogen-bond donors (Lipinski definition) is 1. The van der Waals surface area contributed by atoms with Crippen LogP contribution in [-0.4, -0.2) is 55.1 Å². The second kappa shape index (κ2) is 7.43. The van der Waals surface area contributed by atoms with Gasteiger partial charge in [0.05, 0.1) is 12.2 Å². The zero-order valence-corrected chi connectivity index (χ0v) is 13.0. The summed E-state index contributed by atoms with van der Waals surface area (Å²) >= 11 is 0.